The second kappa shape index (κ2) is 9.53. The summed E-state index contributed by atoms with van der Waals surface area (Å²) in [4.78, 5) is 2.30. The van der Waals surface area contributed by atoms with Gasteiger partial charge in [0.15, 0.2) is 0 Å². The minimum Gasteiger partial charge on any atom is -1.00 e. The molecular weight excluding hydrogens is 412 g/mol. The fourth-order valence-electron chi connectivity index (χ4n) is 2.48. The Morgan fingerprint density at radius 1 is 0.957 bits per heavy atom. The first-order valence-electron chi connectivity index (χ1n) is 8.08. The van der Waals surface area contributed by atoms with Crippen molar-refractivity contribution in [1.29, 1.82) is 0 Å². The van der Waals surface area contributed by atoms with Gasteiger partial charge in [0.1, 0.15) is 0 Å². The van der Waals surface area contributed by atoms with Crippen LogP contribution in [0.4, 0.5) is 0 Å². The Bertz CT molecular complexity index is 495. The molecule has 23 heavy (non-hydrogen) atoms. The van der Waals surface area contributed by atoms with Gasteiger partial charge in [0.05, 0.1) is 0 Å². The smallest absolute Gasteiger partial charge is 1.00 e. The molecule has 0 spiro atoms. The first-order chi connectivity index (χ1) is 9.50. The van der Waals surface area contributed by atoms with E-state index in [1.165, 1.54) is 5.56 Å². The van der Waals surface area contributed by atoms with E-state index in [4.69, 9.17) is 0 Å². The van der Waals surface area contributed by atoms with Crippen LogP contribution in [0.15, 0.2) is 12.1 Å². The molecule has 0 fully saturated rings. The van der Waals surface area contributed by atoms with Crippen LogP contribution in [0.3, 0.4) is 0 Å². The van der Waals surface area contributed by atoms with Gasteiger partial charge in [-0.1, -0.05) is 67.5 Å². The van der Waals surface area contributed by atoms with E-state index in [9.17, 15) is 5.11 Å². The van der Waals surface area contributed by atoms with E-state index >= 15 is 0 Å². The summed E-state index contributed by atoms with van der Waals surface area (Å²) in [6, 6.07) is 4.24. The molecule has 0 aromatic heterocycles. The van der Waals surface area contributed by atoms with Crippen LogP contribution in [-0.2, 0) is 17.4 Å². The maximum Gasteiger partial charge on any atom is 2.00 e. The van der Waals surface area contributed by atoms with Gasteiger partial charge in [0.2, 0.25) is 0 Å². The molecule has 0 heterocycles. The van der Waals surface area contributed by atoms with E-state index in [2.05, 4.69) is 72.4 Å². The molecule has 2 radical (unpaired) electrons. The van der Waals surface area contributed by atoms with Gasteiger partial charge in [0.25, 0.3) is 0 Å². The van der Waals surface area contributed by atoms with Gasteiger partial charge in [-0.15, -0.1) is 5.75 Å². The predicted octanol–water partition coefficient (Wildman–Crippen LogP) is 1.31. The third kappa shape index (κ3) is 6.83. The molecular formula is C19H36ClNOSn. The summed E-state index contributed by atoms with van der Waals surface area (Å²) in [5.74, 6) is 0.224. The van der Waals surface area contributed by atoms with Crippen LogP contribution >= 0.6 is 0 Å². The van der Waals surface area contributed by atoms with Crippen LogP contribution in [0.1, 0.15) is 74.9 Å². The average molecular weight is 449 g/mol. The standard InChI is InChI=1S/C19H33NO.ClH.Sn.2H2/c1-9-20(10-2)13-14-11-15(18(3,4)5)12-16(17(14)21)19(6,7)8;;;;/h11-12,21H,9-10,13H2,1-8H3;1H;;2*1H/q;;+2;;/p-2. The van der Waals surface area contributed by atoms with Gasteiger partial charge >= 0.3 is 23.9 Å². The fraction of sp³-hybridized carbons (Fsp3) is 0.684. The normalized spacial score (nSPS) is 11.9. The Balaban J connectivity index is -0.000000551. The summed E-state index contributed by atoms with van der Waals surface area (Å²) >= 11 is 0. The van der Waals surface area contributed by atoms with Crippen LogP contribution in [0.5, 0.6) is 5.75 Å². The first-order valence-corrected chi connectivity index (χ1v) is 8.08. The van der Waals surface area contributed by atoms with Gasteiger partial charge in [0, 0.05) is 9.40 Å². The summed E-state index contributed by atoms with van der Waals surface area (Å²) in [7, 11) is 0. The summed E-state index contributed by atoms with van der Waals surface area (Å²) in [6.07, 6.45) is 0. The number of nitrogens with zero attached hydrogens (tertiary/aromatic N) is 1. The molecule has 134 valence electrons. The fourth-order valence-corrected chi connectivity index (χ4v) is 2.48. The SMILES string of the molecule is CCN(CC)Cc1cc(C(C)(C)C)cc(C(C)(C)C)c1[O-].[Cl-].[HH].[HH].[Sn+2]. The molecule has 1 aromatic carbocycles. The summed E-state index contributed by atoms with van der Waals surface area (Å²) in [6.45, 7) is 20.0. The summed E-state index contributed by atoms with van der Waals surface area (Å²) in [5, 5.41) is 12.8. The second-order valence-electron chi connectivity index (χ2n) is 7.97. The molecule has 0 N–H and O–H groups in total. The van der Waals surface area contributed by atoms with E-state index in [0.717, 1.165) is 30.8 Å². The molecule has 1 aromatic rings. The van der Waals surface area contributed by atoms with Gasteiger partial charge in [-0.05, 0) is 40.6 Å². The number of benzene rings is 1. The van der Waals surface area contributed by atoms with E-state index in [1.807, 2.05) is 0 Å². The number of hydrogen-bond donors (Lipinski definition) is 0. The maximum absolute atomic E-state index is 12.8. The largest absolute Gasteiger partial charge is 2.00 e. The monoisotopic (exact) mass is 449 g/mol. The number of rotatable bonds is 4. The minimum atomic E-state index is -0.115. The van der Waals surface area contributed by atoms with Crippen LogP contribution in [0.2, 0.25) is 0 Å². The molecule has 0 saturated carbocycles. The predicted molar refractivity (Wildman–Crippen MR) is 99.9 cm³/mol. The third-order valence-electron chi connectivity index (χ3n) is 4.13. The van der Waals surface area contributed by atoms with Crippen molar-refractivity contribution >= 4 is 23.9 Å². The van der Waals surface area contributed by atoms with Gasteiger partial charge < -0.3 is 17.5 Å². The number of halogens is 1. The van der Waals surface area contributed by atoms with E-state index in [-0.39, 0.29) is 55.7 Å². The molecule has 1 rings (SSSR count). The molecule has 0 atom stereocenters. The zero-order chi connectivity index (χ0) is 16.4. The van der Waals surface area contributed by atoms with Crippen molar-refractivity contribution in [3.8, 4) is 5.75 Å². The molecule has 0 saturated heterocycles. The molecule has 0 bridgehead atoms. The van der Waals surface area contributed by atoms with Crippen LogP contribution < -0.4 is 17.5 Å². The molecule has 0 aliphatic carbocycles. The minimum absolute atomic E-state index is 0. The number of hydrogen-bond acceptors (Lipinski definition) is 2. The molecule has 0 unspecified atom stereocenters. The van der Waals surface area contributed by atoms with E-state index in [1.54, 1.807) is 0 Å². The average Bonchev–Trinajstić information content (AvgIpc) is 2.34. The van der Waals surface area contributed by atoms with Crippen molar-refractivity contribution in [3.63, 3.8) is 0 Å². The van der Waals surface area contributed by atoms with Crippen molar-refractivity contribution in [2.45, 2.75) is 72.8 Å². The van der Waals surface area contributed by atoms with Crippen LogP contribution in [-0.4, -0.2) is 41.9 Å². The zero-order valence-electron chi connectivity index (χ0n) is 16.0. The molecule has 2 nitrogen and oxygen atoms in total. The van der Waals surface area contributed by atoms with Gasteiger partial charge in [-0.3, -0.25) is 4.90 Å². The van der Waals surface area contributed by atoms with Crippen molar-refractivity contribution in [3.05, 3.63) is 28.8 Å². The summed E-state index contributed by atoms with van der Waals surface area (Å²) < 4.78 is 0. The Kier molecular flexibility index (Phi) is 10.5. The van der Waals surface area contributed by atoms with Crippen LogP contribution in [0, 0.1) is 0 Å². The molecule has 4 heteroatoms. The first kappa shape index (κ1) is 25.3. The zero-order valence-corrected chi connectivity index (χ0v) is 19.6. The molecule has 0 amide bonds. The quantitative estimate of drug-likeness (QED) is 0.650. The maximum atomic E-state index is 12.8. The van der Waals surface area contributed by atoms with E-state index < -0.39 is 0 Å². The second-order valence-corrected chi connectivity index (χ2v) is 7.97. The Morgan fingerprint density at radius 2 is 1.43 bits per heavy atom. The Hall–Kier alpha value is 0.0687. The summed E-state index contributed by atoms with van der Waals surface area (Å²) in [5.41, 5.74) is 3.09. The topological polar surface area (TPSA) is 26.3 Å². The van der Waals surface area contributed by atoms with Crippen molar-refractivity contribution < 1.29 is 20.4 Å². The van der Waals surface area contributed by atoms with Gasteiger partial charge in [-0.25, -0.2) is 0 Å². The van der Waals surface area contributed by atoms with Crippen LogP contribution in [0.25, 0.3) is 0 Å². The van der Waals surface area contributed by atoms with Gasteiger partial charge in [-0.2, -0.15) is 0 Å². The third-order valence-corrected chi connectivity index (χ3v) is 4.13. The van der Waals surface area contributed by atoms with Crippen molar-refractivity contribution in [2.24, 2.45) is 0 Å². The van der Waals surface area contributed by atoms with Crippen molar-refractivity contribution in [1.82, 2.24) is 4.90 Å². The van der Waals surface area contributed by atoms with Crippen molar-refractivity contribution in [2.75, 3.05) is 13.1 Å². The molecule has 0 aliphatic rings. The molecule has 0 aliphatic heterocycles. The van der Waals surface area contributed by atoms with E-state index in [0.29, 0.717) is 0 Å². The Labute approximate surface area is 169 Å². The Morgan fingerprint density at radius 3 is 1.78 bits per heavy atom.